The Labute approximate surface area is 108 Å². The van der Waals surface area contributed by atoms with Gasteiger partial charge in [0.25, 0.3) is 0 Å². The number of aliphatic hydroxyl groups is 1. The number of phenols is 1. The summed E-state index contributed by atoms with van der Waals surface area (Å²) in [4.78, 5) is 11.4. The van der Waals surface area contributed by atoms with E-state index in [9.17, 15) is 15.0 Å². The summed E-state index contributed by atoms with van der Waals surface area (Å²) in [6, 6.07) is 1.58. The maximum absolute atomic E-state index is 11.4. The highest BCUT2D eigenvalue weighted by Gasteiger charge is 2.24. The van der Waals surface area contributed by atoms with E-state index in [0.717, 1.165) is 11.1 Å². The van der Waals surface area contributed by atoms with Gasteiger partial charge in [-0.15, -0.1) is 0 Å². The number of hydrogen-bond acceptors (Lipinski definition) is 4. The van der Waals surface area contributed by atoms with E-state index in [-0.39, 0.29) is 17.9 Å². The molecule has 0 amide bonds. The molecule has 0 saturated heterocycles. The molecule has 0 heterocycles. The second-order valence-corrected chi connectivity index (χ2v) is 4.52. The number of aryl methyl sites for hydroxylation is 1. The molecule has 1 atom stereocenters. The first kappa shape index (κ1) is 14.0. The highest BCUT2D eigenvalue weighted by atomic mass is 79.9. The van der Waals surface area contributed by atoms with E-state index in [4.69, 9.17) is 4.74 Å². The molecule has 1 aromatic rings. The summed E-state index contributed by atoms with van der Waals surface area (Å²) in [5, 5.41) is 19.7. The number of esters is 1. The Morgan fingerprint density at radius 3 is 2.65 bits per heavy atom. The zero-order valence-electron chi connectivity index (χ0n) is 9.95. The lowest BCUT2D eigenvalue weighted by Gasteiger charge is -2.15. The maximum Gasteiger partial charge on any atom is 0.339 e. The second kappa shape index (κ2) is 5.51. The Kier molecular flexibility index (Phi) is 4.54. The number of rotatable bonds is 3. The molecule has 0 aliphatic heterocycles. The Morgan fingerprint density at radius 1 is 1.53 bits per heavy atom. The predicted molar refractivity (Wildman–Crippen MR) is 66.9 cm³/mol. The van der Waals surface area contributed by atoms with Crippen LogP contribution in [-0.4, -0.2) is 22.8 Å². The molecule has 2 N–H and O–H groups in total. The lowest BCUT2D eigenvalue weighted by Crippen LogP contribution is -2.16. The fourth-order valence-electron chi connectivity index (χ4n) is 1.44. The third kappa shape index (κ3) is 2.79. The highest BCUT2D eigenvalue weighted by Crippen LogP contribution is 2.36. The zero-order chi connectivity index (χ0) is 13.2. The number of aromatic hydroxyl groups is 1. The van der Waals surface area contributed by atoms with Crippen molar-refractivity contribution in [1.82, 2.24) is 0 Å². The first-order valence-corrected chi connectivity index (χ1v) is 6.02. The number of carbonyl (C=O) groups excluding carboxylic acids is 1. The molecular formula is C12H15BrO4. The molecule has 1 unspecified atom stereocenters. The third-order valence-electron chi connectivity index (χ3n) is 2.58. The quantitative estimate of drug-likeness (QED) is 0.841. The number of hydrogen-bond donors (Lipinski definition) is 2. The van der Waals surface area contributed by atoms with Gasteiger partial charge >= 0.3 is 5.97 Å². The molecule has 0 aliphatic rings. The van der Waals surface area contributed by atoms with Crippen LogP contribution in [0.2, 0.25) is 0 Å². The summed E-state index contributed by atoms with van der Waals surface area (Å²) in [7, 11) is 0. The fourth-order valence-corrected chi connectivity index (χ4v) is 1.99. The molecule has 0 spiro atoms. The Hall–Kier alpha value is -1.07. The van der Waals surface area contributed by atoms with Crippen LogP contribution in [0.3, 0.4) is 0 Å². The number of halogens is 1. The topological polar surface area (TPSA) is 66.8 Å². The fraction of sp³-hybridized carbons (Fsp3) is 0.417. The minimum absolute atomic E-state index is 0.131. The highest BCUT2D eigenvalue weighted by molar-refractivity contribution is 9.10. The van der Waals surface area contributed by atoms with Gasteiger partial charge in [0.2, 0.25) is 0 Å². The molecule has 94 valence electrons. The van der Waals surface area contributed by atoms with Crippen LogP contribution in [0.5, 0.6) is 5.75 Å². The van der Waals surface area contributed by atoms with Crippen molar-refractivity contribution in [2.45, 2.75) is 26.9 Å². The summed E-state index contributed by atoms with van der Waals surface area (Å²) in [5.74, 6) is -0.897. The van der Waals surface area contributed by atoms with Crippen molar-refractivity contribution in [1.29, 1.82) is 0 Å². The molecule has 0 bridgehead atoms. The van der Waals surface area contributed by atoms with Gasteiger partial charge in [0.1, 0.15) is 5.75 Å². The smallest absolute Gasteiger partial charge is 0.339 e. The van der Waals surface area contributed by atoms with Crippen molar-refractivity contribution in [2.75, 3.05) is 6.61 Å². The molecule has 0 saturated carbocycles. The molecule has 0 aromatic heterocycles. The van der Waals surface area contributed by atoms with Crippen molar-refractivity contribution in [3.63, 3.8) is 0 Å². The summed E-state index contributed by atoms with van der Waals surface area (Å²) in [6.45, 7) is 5.50. The molecule has 0 aliphatic carbocycles. The van der Waals surface area contributed by atoms with E-state index in [2.05, 4.69) is 15.9 Å². The Balaban J connectivity index is 3.19. The number of aliphatic hydroxyl groups excluding tert-OH is 1. The van der Waals surface area contributed by atoms with Gasteiger partial charge in [-0.25, -0.2) is 4.79 Å². The van der Waals surface area contributed by atoms with Crippen LogP contribution in [0.25, 0.3) is 0 Å². The lowest BCUT2D eigenvalue weighted by atomic mass is 10.0. The molecule has 0 fully saturated rings. The average Bonchev–Trinajstić information content (AvgIpc) is 2.30. The van der Waals surface area contributed by atoms with Gasteiger partial charge in [-0.05, 0) is 53.9 Å². The number of carbonyl (C=O) groups is 1. The number of benzene rings is 1. The van der Waals surface area contributed by atoms with Crippen LogP contribution in [0.15, 0.2) is 10.5 Å². The number of phenolic OH excluding ortho intramolecular Hbond substituents is 1. The van der Waals surface area contributed by atoms with Gasteiger partial charge in [-0.2, -0.15) is 0 Å². The van der Waals surface area contributed by atoms with Crippen LogP contribution in [0.1, 0.15) is 29.7 Å². The molecular weight excluding hydrogens is 288 g/mol. The van der Waals surface area contributed by atoms with Gasteiger partial charge in [0, 0.05) is 5.56 Å². The van der Waals surface area contributed by atoms with Crippen LogP contribution in [-0.2, 0) is 9.53 Å². The van der Waals surface area contributed by atoms with Crippen molar-refractivity contribution in [2.24, 2.45) is 0 Å². The van der Waals surface area contributed by atoms with Crippen molar-refractivity contribution < 1.29 is 19.7 Å². The van der Waals surface area contributed by atoms with Crippen LogP contribution in [0, 0.1) is 13.8 Å². The van der Waals surface area contributed by atoms with Crippen molar-refractivity contribution >= 4 is 21.9 Å². The first-order chi connectivity index (χ1) is 7.90. The van der Waals surface area contributed by atoms with Gasteiger partial charge in [0.05, 0.1) is 11.1 Å². The largest absolute Gasteiger partial charge is 0.506 e. The number of ether oxygens (including phenoxy) is 1. The predicted octanol–water partition coefficient (Wildman–Crippen LogP) is 2.37. The normalized spacial score (nSPS) is 12.3. The van der Waals surface area contributed by atoms with E-state index >= 15 is 0 Å². The van der Waals surface area contributed by atoms with E-state index in [0.29, 0.717) is 4.47 Å². The van der Waals surface area contributed by atoms with Crippen LogP contribution < -0.4 is 0 Å². The van der Waals surface area contributed by atoms with Gasteiger partial charge < -0.3 is 14.9 Å². The Morgan fingerprint density at radius 2 is 2.12 bits per heavy atom. The lowest BCUT2D eigenvalue weighted by molar-refractivity contribution is -0.153. The van der Waals surface area contributed by atoms with Crippen molar-refractivity contribution in [3.05, 3.63) is 27.2 Å². The molecule has 1 rings (SSSR count). The van der Waals surface area contributed by atoms with Gasteiger partial charge in [0.15, 0.2) is 6.10 Å². The third-order valence-corrected chi connectivity index (χ3v) is 3.55. The van der Waals surface area contributed by atoms with Crippen LogP contribution in [0.4, 0.5) is 0 Å². The van der Waals surface area contributed by atoms with E-state index in [1.165, 1.54) is 0 Å². The minimum atomic E-state index is -1.47. The molecule has 0 radical (unpaired) electrons. The monoisotopic (exact) mass is 302 g/mol. The minimum Gasteiger partial charge on any atom is -0.506 e. The average molecular weight is 303 g/mol. The summed E-state index contributed by atoms with van der Waals surface area (Å²) in [5.41, 5.74) is 1.88. The molecule has 1 aromatic carbocycles. The van der Waals surface area contributed by atoms with Crippen LogP contribution >= 0.6 is 15.9 Å². The molecule has 5 heteroatoms. The summed E-state index contributed by atoms with van der Waals surface area (Å²) < 4.78 is 5.19. The molecule has 4 nitrogen and oxygen atoms in total. The van der Waals surface area contributed by atoms with E-state index < -0.39 is 12.1 Å². The first-order valence-electron chi connectivity index (χ1n) is 5.23. The summed E-state index contributed by atoms with van der Waals surface area (Å²) in [6.07, 6.45) is -1.47. The standard InChI is InChI=1S/C12H15BrO4/c1-4-17-12(16)11(15)8-5-6(2)7(3)9(13)10(8)14/h5,11,14-15H,4H2,1-3H3. The van der Waals surface area contributed by atoms with E-state index in [1.54, 1.807) is 13.0 Å². The van der Waals surface area contributed by atoms with Gasteiger partial charge in [-0.3, -0.25) is 0 Å². The molecule has 17 heavy (non-hydrogen) atoms. The van der Waals surface area contributed by atoms with Crippen molar-refractivity contribution in [3.8, 4) is 5.75 Å². The Bertz CT molecular complexity index is 443. The van der Waals surface area contributed by atoms with E-state index in [1.807, 2.05) is 13.8 Å². The summed E-state index contributed by atoms with van der Waals surface area (Å²) >= 11 is 3.22. The second-order valence-electron chi connectivity index (χ2n) is 3.72. The SMILES string of the molecule is CCOC(=O)C(O)c1cc(C)c(C)c(Br)c1O. The maximum atomic E-state index is 11.4. The zero-order valence-corrected chi connectivity index (χ0v) is 11.5. The van der Waals surface area contributed by atoms with Gasteiger partial charge in [-0.1, -0.05) is 0 Å².